The molecule has 8 nitrogen and oxygen atoms in total. The molecule has 51 heavy (non-hydrogen) atoms. The summed E-state index contributed by atoms with van der Waals surface area (Å²) in [6, 6.07) is -0.891. The molecule has 0 aliphatic carbocycles. The summed E-state index contributed by atoms with van der Waals surface area (Å²) in [5.74, 6) is -0.214. The molecule has 2 N–H and O–H groups in total. The van der Waals surface area contributed by atoms with Crippen LogP contribution in [0, 0.1) is 0 Å². The Balaban J connectivity index is 4.51. The number of phosphoric acid groups is 1. The van der Waals surface area contributed by atoms with Crippen LogP contribution in [0.15, 0.2) is 36.5 Å². The lowest BCUT2D eigenvalue weighted by Crippen LogP contribution is -2.45. The highest BCUT2D eigenvalue weighted by Crippen LogP contribution is 2.38. The Morgan fingerprint density at radius 2 is 1.16 bits per heavy atom. The molecule has 0 aromatic heterocycles. The van der Waals surface area contributed by atoms with Crippen LogP contribution < -0.4 is 10.2 Å². The van der Waals surface area contributed by atoms with E-state index in [9.17, 15) is 19.4 Å². The summed E-state index contributed by atoms with van der Waals surface area (Å²) in [7, 11) is 1.25. The number of carbonyl (C=O) groups is 1. The normalized spacial score (nSPS) is 14.9. The van der Waals surface area contributed by atoms with Gasteiger partial charge in [-0.25, -0.2) is 0 Å². The third kappa shape index (κ3) is 36.9. The van der Waals surface area contributed by atoms with Crippen LogP contribution in [-0.4, -0.2) is 68.5 Å². The zero-order valence-electron chi connectivity index (χ0n) is 33.8. The number of allylic oxidation sites excluding steroid dienone is 5. The van der Waals surface area contributed by atoms with E-state index in [0.29, 0.717) is 17.4 Å². The zero-order valence-corrected chi connectivity index (χ0v) is 34.7. The molecule has 0 rings (SSSR count). The number of amides is 1. The number of aliphatic hydroxyl groups excluding tert-OH is 1. The van der Waals surface area contributed by atoms with E-state index in [0.717, 1.165) is 64.2 Å². The van der Waals surface area contributed by atoms with E-state index in [1.807, 2.05) is 27.2 Å². The Labute approximate surface area is 315 Å². The average molecular weight is 741 g/mol. The lowest BCUT2D eigenvalue weighted by molar-refractivity contribution is -0.870. The van der Waals surface area contributed by atoms with Crippen molar-refractivity contribution in [2.24, 2.45) is 0 Å². The van der Waals surface area contributed by atoms with Crippen molar-refractivity contribution >= 4 is 13.7 Å². The van der Waals surface area contributed by atoms with Crippen molar-refractivity contribution in [3.05, 3.63) is 36.5 Å². The second-order valence-electron chi connectivity index (χ2n) is 15.3. The van der Waals surface area contributed by atoms with Crippen molar-refractivity contribution in [3.63, 3.8) is 0 Å². The Bertz CT molecular complexity index is 933. The minimum Gasteiger partial charge on any atom is -0.756 e. The smallest absolute Gasteiger partial charge is 0.268 e. The fraction of sp³-hybridized carbons (Fsp3) is 0.833. The Kier molecular flexibility index (Phi) is 33.6. The fourth-order valence-electron chi connectivity index (χ4n) is 5.70. The molecule has 0 heterocycles. The molecular weight excluding hydrogens is 659 g/mol. The summed E-state index contributed by atoms with van der Waals surface area (Å²) < 4.78 is 23.1. The molecule has 9 heteroatoms. The van der Waals surface area contributed by atoms with Crippen molar-refractivity contribution < 1.29 is 32.9 Å². The quantitative estimate of drug-likeness (QED) is 0.0284. The second-order valence-corrected chi connectivity index (χ2v) is 16.8. The number of rotatable bonds is 37. The molecule has 0 aliphatic rings. The summed E-state index contributed by atoms with van der Waals surface area (Å²) in [5.41, 5.74) is 0. The molecule has 300 valence electrons. The number of nitrogens with one attached hydrogen (secondary N) is 1. The maximum atomic E-state index is 12.8. The van der Waals surface area contributed by atoms with E-state index >= 15 is 0 Å². The van der Waals surface area contributed by atoms with Crippen LogP contribution in [0.4, 0.5) is 0 Å². The van der Waals surface area contributed by atoms with Gasteiger partial charge in [0.1, 0.15) is 13.2 Å². The van der Waals surface area contributed by atoms with Crippen molar-refractivity contribution in [2.45, 2.75) is 187 Å². The molecule has 0 fully saturated rings. The van der Waals surface area contributed by atoms with Gasteiger partial charge in [-0.1, -0.05) is 159 Å². The predicted molar refractivity (Wildman–Crippen MR) is 215 cm³/mol. The molecule has 0 radical (unpaired) electrons. The number of unbranched alkanes of at least 4 members (excludes halogenated alkanes) is 20. The summed E-state index contributed by atoms with van der Waals surface area (Å²) >= 11 is 0. The van der Waals surface area contributed by atoms with Gasteiger partial charge in [0.2, 0.25) is 5.91 Å². The minimum absolute atomic E-state index is 0.00432. The van der Waals surface area contributed by atoms with E-state index in [1.54, 1.807) is 6.08 Å². The molecule has 0 spiro atoms. The van der Waals surface area contributed by atoms with Gasteiger partial charge in [0.25, 0.3) is 7.82 Å². The third-order valence-corrected chi connectivity index (χ3v) is 10.1. The maximum Gasteiger partial charge on any atom is 0.268 e. The van der Waals surface area contributed by atoms with Crippen molar-refractivity contribution in [1.82, 2.24) is 5.32 Å². The van der Waals surface area contributed by atoms with Gasteiger partial charge in [-0.2, -0.15) is 0 Å². The number of hydrogen-bond donors (Lipinski definition) is 2. The standard InChI is InChI=1S/C42H81N2O6P/c1-6-8-10-12-14-16-18-20-22-23-25-27-29-31-33-35-41(45)40(39-50-51(47,48)49-38-37-44(3,4)5)43-42(46)36-34-32-30-28-26-24-21-19-17-15-13-11-9-7-2/h13,15,19,21,33,35,40-41,45H,6-12,14,16-18,20,22-32,34,36-39H2,1-5H3,(H-,43,46,47,48)/b15-13-,21-19-,35-33+. The van der Waals surface area contributed by atoms with Gasteiger partial charge in [0, 0.05) is 6.42 Å². The van der Waals surface area contributed by atoms with E-state index in [2.05, 4.69) is 43.5 Å². The third-order valence-electron chi connectivity index (χ3n) is 9.09. The number of nitrogens with zero attached hydrogens (tertiary/aromatic N) is 1. The highest BCUT2D eigenvalue weighted by molar-refractivity contribution is 7.45. The summed E-state index contributed by atoms with van der Waals surface area (Å²) in [5, 5.41) is 13.7. The second kappa shape index (κ2) is 34.5. The van der Waals surface area contributed by atoms with Crippen molar-refractivity contribution in [2.75, 3.05) is 40.9 Å². The van der Waals surface area contributed by atoms with Gasteiger partial charge in [0.15, 0.2) is 0 Å². The first-order valence-corrected chi connectivity index (χ1v) is 22.3. The number of phosphoric ester groups is 1. The van der Waals surface area contributed by atoms with Crippen LogP contribution in [0.3, 0.4) is 0 Å². The number of hydrogen-bond acceptors (Lipinski definition) is 6. The first kappa shape index (κ1) is 49.7. The monoisotopic (exact) mass is 741 g/mol. The van der Waals surface area contributed by atoms with Crippen LogP contribution in [0.1, 0.15) is 174 Å². The van der Waals surface area contributed by atoms with Gasteiger partial charge in [-0.05, 0) is 44.9 Å². The molecule has 0 aromatic carbocycles. The topological polar surface area (TPSA) is 108 Å². The Hall–Kier alpha value is -1.28. The average Bonchev–Trinajstić information content (AvgIpc) is 3.07. The van der Waals surface area contributed by atoms with Crippen LogP contribution in [0.5, 0.6) is 0 Å². The van der Waals surface area contributed by atoms with E-state index in [4.69, 9.17) is 9.05 Å². The molecule has 1 amide bonds. The summed E-state index contributed by atoms with van der Waals surface area (Å²) in [6.07, 6.45) is 40.3. The highest BCUT2D eigenvalue weighted by atomic mass is 31.2. The first-order chi connectivity index (χ1) is 24.5. The molecule has 0 saturated heterocycles. The number of aliphatic hydroxyl groups is 1. The Morgan fingerprint density at radius 3 is 1.69 bits per heavy atom. The van der Waals surface area contributed by atoms with Crippen LogP contribution in [0.2, 0.25) is 0 Å². The van der Waals surface area contributed by atoms with E-state index in [-0.39, 0.29) is 19.1 Å². The van der Waals surface area contributed by atoms with Crippen molar-refractivity contribution in [3.8, 4) is 0 Å². The molecule has 0 saturated carbocycles. The van der Waals surface area contributed by atoms with Gasteiger partial charge in [0.05, 0.1) is 39.9 Å². The van der Waals surface area contributed by atoms with E-state index in [1.165, 1.54) is 89.9 Å². The lowest BCUT2D eigenvalue weighted by Gasteiger charge is -2.29. The van der Waals surface area contributed by atoms with E-state index < -0.39 is 20.0 Å². The van der Waals surface area contributed by atoms with Gasteiger partial charge in [-0.15, -0.1) is 0 Å². The lowest BCUT2D eigenvalue weighted by atomic mass is 10.0. The van der Waals surface area contributed by atoms with Gasteiger partial charge < -0.3 is 28.8 Å². The zero-order chi connectivity index (χ0) is 37.9. The minimum atomic E-state index is -4.59. The summed E-state index contributed by atoms with van der Waals surface area (Å²) in [6.45, 7) is 4.58. The molecule has 0 aromatic rings. The van der Waals surface area contributed by atoms with Gasteiger partial charge >= 0.3 is 0 Å². The van der Waals surface area contributed by atoms with Gasteiger partial charge in [-0.3, -0.25) is 9.36 Å². The SMILES string of the molecule is CCCC/C=C\C/C=C\CCCCCCCC(=O)NC(COP(=O)([O-])OCC[N+](C)(C)C)C(O)/C=C/CCCCCCCCCCCCCCC. The molecule has 3 unspecified atom stereocenters. The Morgan fingerprint density at radius 1 is 0.686 bits per heavy atom. The summed E-state index contributed by atoms with van der Waals surface area (Å²) in [4.78, 5) is 25.2. The first-order valence-electron chi connectivity index (χ1n) is 20.9. The van der Waals surface area contributed by atoms with Crippen LogP contribution in [-0.2, 0) is 18.4 Å². The number of carbonyl (C=O) groups excluding carboxylic acids is 1. The molecule has 0 aliphatic heterocycles. The molecule has 0 bridgehead atoms. The highest BCUT2D eigenvalue weighted by Gasteiger charge is 2.23. The van der Waals surface area contributed by atoms with Crippen molar-refractivity contribution in [1.29, 1.82) is 0 Å². The predicted octanol–water partition coefficient (Wildman–Crippen LogP) is 10.5. The van der Waals surface area contributed by atoms with Crippen LogP contribution >= 0.6 is 7.82 Å². The molecule has 3 atom stereocenters. The largest absolute Gasteiger partial charge is 0.756 e. The molecular formula is C42H81N2O6P. The number of quaternary nitrogens is 1. The fourth-order valence-corrected chi connectivity index (χ4v) is 6.42. The van der Waals surface area contributed by atoms with Crippen LogP contribution in [0.25, 0.3) is 0 Å². The number of likely N-dealkylation sites (N-methyl/N-ethyl adjacent to an activating group) is 1. The maximum absolute atomic E-state index is 12.8.